The maximum Gasteiger partial charge on any atom is 0.0700 e. The van der Waals surface area contributed by atoms with Crippen LogP contribution in [0.5, 0.6) is 0 Å². The van der Waals surface area contributed by atoms with Gasteiger partial charge in [-0.15, -0.1) is 0 Å². The van der Waals surface area contributed by atoms with E-state index in [4.69, 9.17) is 4.74 Å². The van der Waals surface area contributed by atoms with Crippen molar-refractivity contribution in [1.29, 1.82) is 0 Å². The Balaban J connectivity index is 1.52. The Morgan fingerprint density at radius 3 is 2.56 bits per heavy atom. The van der Waals surface area contributed by atoms with Crippen LogP contribution in [0.4, 0.5) is 0 Å². The molecule has 1 heterocycles. The Bertz CT molecular complexity index is 333. The minimum absolute atomic E-state index is 0.462. The summed E-state index contributed by atoms with van der Waals surface area (Å²) in [5.74, 6) is 0. The lowest BCUT2D eigenvalue weighted by Gasteiger charge is -2.15. The van der Waals surface area contributed by atoms with Gasteiger partial charge in [0.1, 0.15) is 0 Å². The monoisotopic (exact) mass is 217 g/mol. The lowest BCUT2D eigenvalue weighted by molar-refractivity contribution is 0.107. The smallest absolute Gasteiger partial charge is 0.0700 e. The van der Waals surface area contributed by atoms with E-state index in [2.05, 4.69) is 29.6 Å². The molecule has 16 heavy (non-hydrogen) atoms. The van der Waals surface area contributed by atoms with Crippen LogP contribution >= 0.6 is 0 Å². The Morgan fingerprint density at radius 1 is 1.19 bits per heavy atom. The number of ether oxygens (including phenoxy) is 1. The van der Waals surface area contributed by atoms with Gasteiger partial charge < -0.3 is 10.1 Å². The van der Waals surface area contributed by atoms with Gasteiger partial charge in [-0.3, -0.25) is 0 Å². The molecule has 86 valence electrons. The minimum atomic E-state index is 0.462. The van der Waals surface area contributed by atoms with Crippen molar-refractivity contribution in [2.24, 2.45) is 0 Å². The molecule has 1 aromatic carbocycles. The van der Waals surface area contributed by atoms with Crippen molar-refractivity contribution < 1.29 is 4.74 Å². The van der Waals surface area contributed by atoms with Gasteiger partial charge in [0.05, 0.1) is 6.10 Å². The Kier molecular flexibility index (Phi) is 2.94. The summed E-state index contributed by atoms with van der Waals surface area (Å²) < 4.78 is 5.63. The molecule has 2 heteroatoms. The third-order valence-corrected chi connectivity index (χ3v) is 3.71. The van der Waals surface area contributed by atoms with E-state index in [-0.39, 0.29) is 0 Å². The van der Waals surface area contributed by atoms with Crippen LogP contribution in [0.25, 0.3) is 0 Å². The quantitative estimate of drug-likeness (QED) is 0.835. The summed E-state index contributed by atoms with van der Waals surface area (Å²) in [5, 5.41) is 3.65. The van der Waals surface area contributed by atoms with Crippen LogP contribution in [-0.4, -0.2) is 25.3 Å². The first-order valence-corrected chi connectivity index (χ1v) is 6.33. The van der Waals surface area contributed by atoms with Crippen LogP contribution in [0, 0.1) is 0 Å². The molecule has 0 saturated carbocycles. The number of nitrogens with one attached hydrogen (secondary N) is 1. The van der Waals surface area contributed by atoms with Crippen molar-refractivity contribution >= 4 is 0 Å². The third kappa shape index (κ3) is 2.13. The van der Waals surface area contributed by atoms with Crippen molar-refractivity contribution in [3.05, 3.63) is 35.4 Å². The summed E-state index contributed by atoms with van der Waals surface area (Å²) in [6.45, 7) is 1.98. The van der Waals surface area contributed by atoms with Crippen molar-refractivity contribution in [3.8, 4) is 0 Å². The van der Waals surface area contributed by atoms with E-state index in [0.29, 0.717) is 12.1 Å². The molecule has 1 aliphatic carbocycles. The normalized spacial score (nSPS) is 24.9. The summed E-state index contributed by atoms with van der Waals surface area (Å²) in [4.78, 5) is 0. The highest BCUT2D eigenvalue weighted by Gasteiger charge is 2.22. The van der Waals surface area contributed by atoms with Gasteiger partial charge in [-0.25, -0.2) is 0 Å². The van der Waals surface area contributed by atoms with E-state index in [1.807, 2.05) is 0 Å². The summed E-state index contributed by atoms with van der Waals surface area (Å²) in [7, 11) is 0. The average Bonchev–Trinajstić information content (AvgIpc) is 2.95. The number of hydrogen-bond acceptors (Lipinski definition) is 2. The van der Waals surface area contributed by atoms with Gasteiger partial charge in [-0.1, -0.05) is 24.3 Å². The summed E-state index contributed by atoms with van der Waals surface area (Å²) in [6, 6.07) is 9.41. The number of hydrogen-bond donors (Lipinski definition) is 1. The van der Waals surface area contributed by atoms with Crippen molar-refractivity contribution in [2.45, 2.75) is 37.8 Å². The third-order valence-electron chi connectivity index (χ3n) is 3.71. The molecule has 1 saturated heterocycles. The Hall–Kier alpha value is -0.860. The van der Waals surface area contributed by atoms with E-state index in [1.54, 1.807) is 0 Å². The summed E-state index contributed by atoms with van der Waals surface area (Å²) in [5.41, 5.74) is 3.04. The fraction of sp³-hybridized carbons (Fsp3) is 0.571. The maximum atomic E-state index is 5.63. The number of fused-ring (bicyclic) bond motifs is 1. The highest BCUT2D eigenvalue weighted by molar-refractivity contribution is 5.33. The molecule has 2 aliphatic rings. The van der Waals surface area contributed by atoms with E-state index in [9.17, 15) is 0 Å². The second-order valence-electron chi connectivity index (χ2n) is 4.92. The van der Waals surface area contributed by atoms with Crippen molar-refractivity contribution in [3.63, 3.8) is 0 Å². The van der Waals surface area contributed by atoms with E-state index in [0.717, 1.165) is 13.2 Å². The second-order valence-corrected chi connectivity index (χ2v) is 4.92. The molecule has 0 bridgehead atoms. The molecule has 1 atom stereocenters. The van der Waals surface area contributed by atoms with E-state index < -0.39 is 0 Å². The Labute approximate surface area is 97.0 Å². The zero-order valence-electron chi connectivity index (χ0n) is 9.61. The molecule has 1 fully saturated rings. The average molecular weight is 217 g/mol. The van der Waals surface area contributed by atoms with Crippen LogP contribution in [0.1, 0.15) is 24.0 Å². The fourth-order valence-corrected chi connectivity index (χ4v) is 2.81. The summed E-state index contributed by atoms with van der Waals surface area (Å²) >= 11 is 0. The van der Waals surface area contributed by atoms with Gasteiger partial charge in [-0.05, 0) is 36.8 Å². The number of rotatable bonds is 3. The van der Waals surface area contributed by atoms with Crippen molar-refractivity contribution in [1.82, 2.24) is 5.32 Å². The van der Waals surface area contributed by atoms with Crippen LogP contribution in [0.15, 0.2) is 24.3 Å². The van der Waals surface area contributed by atoms with E-state index in [1.165, 1.54) is 36.8 Å². The van der Waals surface area contributed by atoms with Crippen LogP contribution in [0.2, 0.25) is 0 Å². The van der Waals surface area contributed by atoms with Gasteiger partial charge in [0.25, 0.3) is 0 Å². The molecule has 0 spiro atoms. The van der Waals surface area contributed by atoms with Crippen molar-refractivity contribution in [2.75, 3.05) is 13.2 Å². The molecule has 1 aromatic rings. The first-order valence-electron chi connectivity index (χ1n) is 6.33. The standard InChI is InChI=1S/C14H19NO/c1-2-5-12-9-13(8-11(12)4-1)15-10-14-6-3-7-16-14/h1-2,4-5,13-15H,3,6-10H2. The zero-order chi connectivity index (χ0) is 10.8. The van der Waals surface area contributed by atoms with Gasteiger partial charge >= 0.3 is 0 Å². The molecule has 1 N–H and O–H groups in total. The lowest BCUT2D eigenvalue weighted by Crippen LogP contribution is -2.35. The van der Waals surface area contributed by atoms with Gasteiger partial charge in [0.2, 0.25) is 0 Å². The van der Waals surface area contributed by atoms with Crippen LogP contribution in [0.3, 0.4) is 0 Å². The second kappa shape index (κ2) is 4.56. The highest BCUT2D eigenvalue weighted by atomic mass is 16.5. The van der Waals surface area contributed by atoms with E-state index >= 15 is 0 Å². The molecule has 2 nitrogen and oxygen atoms in total. The topological polar surface area (TPSA) is 21.3 Å². The molecule has 0 radical (unpaired) electrons. The SMILES string of the molecule is c1ccc2c(c1)CC(NCC1CCCO1)C2. The highest BCUT2D eigenvalue weighted by Crippen LogP contribution is 2.22. The summed E-state index contributed by atoms with van der Waals surface area (Å²) in [6.07, 6.45) is 5.29. The fourth-order valence-electron chi connectivity index (χ4n) is 2.81. The Morgan fingerprint density at radius 2 is 1.94 bits per heavy atom. The largest absolute Gasteiger partial charge is 0.377 e. The lowest BCUT2D eigenvalue weighted by atomic mass is 10.1. The first-order chi connectivity index (χ1) is 7.92. The van der Waals surface area contributed by atoms with Crippen LogP contribution < -0.4 is 5.32 Å². The number of benzene rings is 1. The maximum absolute atomic E-state index is 5.63. The predicted molar refractivity (Wildman–Crippen MR) is 64.6 cm³/mol. The molecule has 0 aromatic heterocycles. The zero-order valence-corrected chi connectivity index (χ0v) is 9.61. The molecule has 1 aliphatic heterocycles. The van der Waals surface area contributed by atoms with Gasteiger partial charge in [-0.2, -0.15) is 0 Å². The van der Waals surface area contributed by atoms with Gasteiger partial charge in [0, 0.05) is 19.2 Å². The first kappa shape index (κ1) is 10.3. The molecular weight excluding hydrogens is 198 g/mol. The molecule has 1 unspecified atom stereocenters. The van der Waals surface area contributed by atoms with Crippen LogP contribution in [-0.2, 0) is 17.6 Å². The predicted octanol–water partition coefficient (Wildman–Crippen LogP) is 1.92. The molecule has 3 rings (SSSR count). The minimum Gasteiger partial charge on any atom is -0.377 e. The molecule has 0 amide bonds. The van der Waals surface area contributed by atoms with Gasteiger partial charge in [0.15, 0.2) is 0 Å². The molecular formula is C14H19NO.